The predicted molar refractivity (Wildman–Crippen MR) is 135 cm³/mol. The van der Waals surface area contributed by atoms with Crippen LogP contribution in [0, 0.1) is 0 Å². The first-order valence-electron chi connectivity index (χ1n) is 9.66. The van der Waals surface area contributed by atoms with Crippen molar-refractivity contribution in [3.63, 3.8) is 0 Å². The lowest BCUT2D eigenvalue weighted by Crippen LogP contribution is -2.28. The van der Waals surface area contributed by atoms with Gasteiger partial charge in [0.1, 0.15) is 11.0 Å². The molecule has 0 N–H and O–H groups in total. The summed E-state index contributed by atoms with van der Waals surface area (Å²) in [7, 11) is 6.20. The number of rotatable bonds is 6. The van der Waals surface area contributed by atoms with Crippen LogP contribution in [0.15, 0.2) is 65.7 Å². The van der Waals surface area contributed by atoms with Gasteiger partial charge in [-0.25, -0.2) is 4.98 Å². The summed E-state index contributed by atoms with van der Waals surface area (Å²) in [4.78, 5) is 23.0. The van der Waals surface area contributed by atoms with E-state index in [1.165, 1.54) is 11.3 Å². The average molecular weight is 475 g/mol. The molecule has 2 heterocycles. The molecule has 8 heteroatoms. The summed E-state index contributed by atoms with van der Waals surface area (Å²) < 4.78 is 2.25. The number of fused-ring (bicyclic) bond motifs is 1. The fraction of sp³-hybridized carbons (Fsp3) is 0.217. The fourth-order valence-corrected chi connectivity index (χ4v) is 4.37. The number of anilines is 1. The molecule has 0 atom stereocenters. The molecule has 4 rings (SSSR count). The van der Waals surface area contributed by atoms with Gasteiger partial charge in [-0.1, -0.05) is 23.7 Å². The Morgan fingerprint density at radius 2 is 1.68 bits per heavy atom. The summed E-state index contributed by atoms with van der Waals surface area (Å²) >= 11 is 7.44. The van der Waals surface area contributed by atoms with E-state index < -0.39 is 0 Å². The molecule has 0 bridgehead atoms. The minimum Gasteiger partial charge on any atom is -0.373 e. The van der Waals surface area contributed by atoms with Crippen molar-refractivity contribution in [2.45, 2.75) is 0 Å². The average Bonchev–Trinajstić information content (AvgIpc) is 3.18. The Bertz CT molecular complexity index is 1220. The zero-order valence-corrected chi connectivity index (χ0v) is 20.0. The van der Waals surface area contributed by atoms with Crippen molar-refractivity contribution in [1.82, 2.24) is 14.5 Å². The maximum Gasteiger partial charge on any atom is 0.275 e. The summed E-state index contributed by atoms with van der Waals surface area (Å²) in [5.41, 5.74) is 3.60. The fourth-order valence-electron chi connectivity index (χ4n) is 3.20. The van der Waals surface area contributed by atoms with Crippen molar-refractivity contribution >= 4 is 51.2 Å². The van der Waals surface area contributed by atoms with Gasteiger partial charge in [-0.15, -0.1) is 23.7 Å². The van der Waals surface area contributed by atoms with E-state index >= 15 is 0 Å². The Kier molecular flexibility index (Phi) is 7.38. The van der Waals surface area contributed by atoms with Gasteiger partial charge in [0.05, 0.1) is 11.2 Å². The maximum absolute atomic E-state index is 13.1. The van der Waals surface area contributed by atoms with Crippen LogP contribution < -0.4 is 10.5 Å². The Balaban J connectivity index is 0.00000272. The van der Waals surface area contributed by atoms with Crippen LogP contribution in [0.4, 0.5) is 5.69 Å². The van der Waals surface area contributed by atoms with Gasteiger partial charge in [-0.05, 0) is 62.1 Å². The normalized spacial score (nSPS) is 11.0. The molecule has 162 valence electrons. The van der Waals surface area contributed by atoms with Crippen LogP contribution in [0.3, 0.4) is 0 Å². The van der Waals surface area contributed by atoms with Crippen LogP contribution in [0.25, 0.3) is 26.3 Å². The molecule has 0 aliphatic rings. The Morgan fingerprint density at radius 1 is 1.00 bits per heavy atom. The molecule has 4 aromatic rings. The number of halogens is 2. The minimum absolute atomic E-state index is 0. The number of likely N-dealkylation sites (N-methyl/N-ethyl adjacent to an activating group) is 2. The van der Waals surface area contributed by atoms with Crippen LogP contribution in [0.2, 0.25) is 5.02 Å². The van der Waals surface area contributed by atoms with E-state index in [1.54, 1.807) is 10.9 Å². The Hall–Kier alpha value is -2.38. The lowest BCUT2D eigenvalue weighted by molar-refractivity contribution is 0.416. The van der Waals surface area contributed by atoms with E-state index in [0.29, 0.717) is 15.2 Å². The Labute approximate surface area is 196 Å². The maximum atomic E-state index is 13.1. The van der Waals surface area contributed by atoms with Crippen LogP contribution in [0.5, 0.6) is 0 Å². The van der Waals surface area contributed by atoms with Crippen LogP contribution >= 0.6 is 35.3 Å². The van der Waals surface area contributed by atoms with Crippen molar-refractivity contribution < 1.29 is 0 Å². The smallest absolute Gasteiger partial charge is 0.275 e. The standard InChI is InChI=1S/C23H23ClN4OS.ClH/c1-26(2)12-13-27(3)18-8-10-19(11-9-18)28-15-25-20-14-21(30-22(20)23(28)29)16-4-6-17(24)7-5-16;/h4-11,14-15H,12-13H2,1-3H3;1H. The van der Waals surface area contributed by atoms with Crippen molar-refractivity contribution in [3.05, 3.63) is 76.3 Å². The highest BCUT2D eigenvalue weighted by Crippen LogP contribution is 2.31. The van der Waals surface area contributed by atoms with Gasteiger partial charge in [0.15, 0.2) is 0 Å². The first-order chi connectivity index (χ1) is 14.4. The van der Waals surface area contributed by atoms with Gasteiger partial charge in [-0.2, -0.15) is 0 Å². The Morgan fingerprint density at radius 3 is 2.32 bits per heavy atom. The topological polar surface area (TPSA) is 41.4 Å². The molecule has 0 radical (unpaired) electrons. The van der Waals surface area contributed by atoms with E-state index in [9.17, 15) is 4.79 Å². The van der Waals surface area contributed by atoms with E-state index in [-0.39, 0.29) is 18.0 Å². The lowest BCUT2D eigenvalue weighted by Gasteiger charge is -2.21. The van der Waals surface area contributed by atoms with Gasteiger partial charge in [-0.3, -0.25) is 9.36 Å². The van der Waals surface area contributed by atoms with Crippen LogP contribution in [0.1, 0.15) is 0 Å². The monoisotopic (exact) mass is 474 g/mol. The number of thiophene rings is 1. The zero-order valence-electron chi connectivity index (χ0n) is 17.6. The van der Waals surface area contributed by atoms with E-state index in [0.717, 1.165) is 34.9 Å². The molecule has 2 aromatic carbocycles. The van der Waals surface area contributed by atoms with Crippen molar-refractivity contribution in [2.24, 2.45) is 0 Å². The highest BCUT2D eigenvalue weighted by Gasteiger charge is 2.12. The molecule has 0 aliphatic heterocycles. The SMILES string of the molecule is CN(C)CCN(C)c1ccc(-n2cnc3cc(-c4ccc(Cl)cc4)sc3c2=O)cc1.Cl. The summed E-state index contributed by atoms with van der Waals surface area (Å²) in [6.45, 7) is 1.91. The zero-order chi connectivity index (χ0) is 21.3. The highest BCUT2D eigenvalue weighted by atomic mass is 35.5. The van der Waals surface area contributed by atoms with E-state index in [2.05, 4.69) is 35.9 Å². The predicted octanol–water partition coefficient (Wildman–Crippen LogP) is 5.19. The molecule has 0 spiro atoms. The molecular weight excluding hydrogens is 451 g/mol. The molecular formula is C23H24Cl2N4OS. The molecule has 0 amide bonds. The van der Waals surface area contributed by atoms with Crippen molar-refractivity contribution in [1.29, 1.82) is 0 Å². The number of hydrogen-bond acceptors (Lipinski definition) is 5. The van der Waals surface area contributed by atoms with Crippen LogP contribution in [-0.2, 0) is 0 Å². The van der Waals surface area contributed by atoms with Gasteiger partial charge < -0.3 is 9.80 Å². The van der Waals surface area contributed by atoms with Crippen molar-refractivity contribution in [2.75, 3.05) is 39.1 Å². The first kappa shape index (κ1) is 23.3. The number of aromatic nitrogens is 2. The van der Waals surface area contributed by atoms with Gasteiger partial charge in [0.2, 0.25) is 0 Å². The molecule has 2 aromatic heterocycles. The molecule has 0 unspecified atom stereocenters. The van der Waals surface area contributed by atoms with Gasteiger partial charge in [0.25, 0.3) is 5.56 Å². The minimum atomic E-state index is -0.0566. The van der Waals surface area contributed by atoms with Crippen LogP contribution in [-0.4, -0.2) is 48.7 Å². The van der Waals surface area contributed by atoms with Gasteiger partial charge >= 0.3 is 0 Å². The second-order valence-electron chi connectivity index (χ2n) is 7.49. The highest BCUT2D eigenvalue weighted by molar-refractivity contribution is 7.22. The second-order valence-corrected chi connectivity index (χ2v) is 8.98. The summed E-state index contributed by atoms with van der Waals surface area (Å²) in [6.07, 6.45) is 1.60. The molecule has 0 saturated carbocycles. The van der Waals surface area contributed by atoms with E-state index in [1.807, 2.05) is 54.6 Å². The first-order valence-corrected chi connectivity index (χ1v) is 10.9. The second kappa shape index (κ2) is 9.83. The third-order valence-corrected chi connectivity index (χ3v) is 6.43. The molecule has 0 saturated heterocycles. The summed E-state index contributed by atoms with van der Waals surface area (Å²) in [6, 6.07) is 17.6. The van der Waals surface area contributed by atoms with Crippen molar-refractivity contribution in [3.8, 4) is 16.1 Å². The molecule has 31 heavy (non-hydrogen) atoms. The lowest BCUT2D eigenvalue weighted by atomic mass is 10.2. The summed E-state index contributed by atoms with van der Waals surface area (Å²) in [5.74, 6) is 0. The quantitative estimate of drug-likeness (QED) is 0.385. The third-order valence-electron chi connectivity index (χ3n) is 5.02. The van der Waals surface area contributed by atoms with Gasteiger partial charge in [0, 0.05) is 35.7 Å². The number of benzene rings is 2. The number of nitrogens with zero attached hydrogens (tertiary/aromatic N) is 4. The largest absolute Gasteiger partial charge is 0.373 e. The van der Waals surface area contributed by atoms with E-state index in [4.69, 9.17) is 11.6 Å². The molecule has 0 aliphatic carbocycles. The number of hydrogen-bond donors (Lipinski definition) is 0. The molecule has 0 fully saturated rings. The third kappa shape index (κ3) is 5.10. The summed E-state index contributed by atoms with van der Waals surface area (Å²) in [5, 5.41) is 0.691. The molecule has 5 nitrogen and oxygen atoms in total.